The van der Waals surface area contributed by atoms with Crippen molar-refractivity contribution < 1.29 is 4.74 Å². The maximum absolute atomic E-state index is 5.85. The van der Waals surface area contributed by atoms with Crippen LogP contribution in [0, 0.1) is 0 Å². The molecule has 1 aliphatic carbocycles. The molecule has 1 atom stereocenters. The van der Waals surface area contributed by atoms with Crippen LogP contribution in [0.3, 0.4) is 0 Å². The van der Waals surface area contributed by atoms with Gasteiger partial charge in [-0.05, 0) is 47.8 Å². The highest BCUT2D eigenvalue weighted by atomic mass is 79.9. The highest BCUT2D eigenvalue weighted by Gasteiger charge is 2.17. The smallest absolute Gasteiger partial charge is 0.133 e. The van der Waals surface area contributed by atoms with E-state index in [9.17, 15) is 0 Å². The number of nitrogens with one attached hydrogen (secondary N) is 1. The normalized spacial score (nSPS) is 17.9. The number of benzene rings is 1. The van der Waals surface area contributed by atoms with Crippen LogP contribution in [0.15, 0.2) is 28.7 Å². The van der Waals surface area contributed by atoms with Crippen molar-refractivity contribution in [2.24, 2.45) is 0 Å². The van der Waals surface area contributed by atoms with Crippen LogP contribution < -0.4 is 10.1 Å². The third-order valence-corrected chi connectivity index (χ3v) is 3.62. The van der Waals surface area contributed by atoms with Gasteiger partial charge in [0.05, 0.1) is 4.47 Å². The maximum atomic E-state index is 5.85. The van der Waals surface area contributed by atoms with Crippen molar-refractivity contribution in [2.75, 3.05) is 6.54 Å². The highest BCUT2D eigenvalue weighted by Crippen LogP contribution is 2.25. The number of hydrogen-bond acceptors (Lipinski definition) is 2. The molecule has 0 aliphatic heterocycles. The summed E-state index contributed by atoms with van der Waals surface area (Å²) in [5.41, 5.74) is 0. The summed E-state index contributed by atoms with van der Waals surface area (Å²) in [5, 5.41) is 3.52. The first-order valence-corrected chi connectivity index (χ1v) is 6.69. The molecule has 0 amide bonds. The molecule has 1 aromatic rings. The van der Waals surface area contributed by atoms with Crippen LogP contribution in [-0.2, 0) is 0 Å². The van der Waals surface area contributed by atoms with Crippen LogP contribution in [0.2, 0.25) is 0 Å². The molecule has 16 heavy (non-hydrogen) atoms. The van der Waals surface area contributed by atoms with E-state index in [0.29, 0.717) is 0 Å². The number of hydrogen-bond donors (Lipinski definition) is 1. The number of rotatable bonds is 5. The Morgan fingerprint density at radius 1 is 1.44 bits per heavy atom. The quantitative estimate of drug-likeness (QED) is 0.895. The van der Waals surface area contributed by atoms with Gasteiger partial charge in [-0.2, -0.15) is 0 Å². The summed E-state index contributed by atoms with van der Waals surface area (Å²) < 4.78 is 6.87. The van der Waals surface area contributed by atoms with E-state index in [2.05, 4.69) is 28.2 Å². The van der Waals surface area contributed by atoms with Crippen molar-refractivity contribution in [3.8, 4) is 5.75 Å². The lowest BCUT2D eigenvalue weighted by Crippen LogP contribution is -2.40. The second kappa shape index (κ2) is 5.69. The zero-order valence-corrected chi connectivity index (χ0v) is 11.2. The molecule has 0 bridgehead atoms. The molecule has 1 aromatic carbocycles. The Bertz CT molecular complexity index is 338. The summed E-state index contributed by atoms with van der Waals surface area (Å²) in [6.07, 6.45) is 4.22. The average Bonchev–Trinajstić information content (AvgIpc) is 2.19. The molecule has 0 spiro atoms. The fraction of sp³-hybridized carbons (Fsp3) is 0.538. The van der Waals surface area contributed by atoms with Gasteiger partial charge in [-0.25, -0.2) is 0 Å². The van der Waals surface area contributed by atoms with Gasteiger partial charge in [0.2, 0.25) is 0 Å². The maximum Gasteiger partial charge on any atom is 0.133 e. The molecular formula is C13H18BrNO. The first kappa shape index (κ1) is 11.9. The lowest BCUT2D eigenvalue weighted by molar-refractivity contribution is 0.198. The SMILES string of the molecule is CC(CNC1CCC1)Oc1ccccc1Br. The van der Waals surface area contributed by atoms with Crippen LogP contribution in [0.25, 0.3) is 0 Å². The first-order chi connectivity index (χ1) is 7.75. The molecule has 1 N–H and O–H groups in total. The predicted molar refractivity (Wildman–Crippen MR) is 69.9 cm³/mol. The van der Waals surface area contributed by atoms with Gasteiger partial charge in [0, 0.05) is 12.6 Å². The number of halogens is 1. The molecule has 2 rings (SSSR count). The molecule has 1 unspecified atom stereocenters. The fourth-order valence-corrected chi connectivity index (χ4v) is 2.12. The minimum Gasteiger partial charge on any atom is -0.488 e. The van der Waals surface area contributed by atoms with E-state index in [4.69, 9.17) is 4.74 Å². The van der Waals surface area contributed by atoms with Crippen molar-refractivity contribution in [2.45, 2.75) is 38.3 Å². The van der Waals surface area contributed by atoms with Gasteiger partial charge in [-0.15, -0.1) is 0 Å². The molecule has 0 saturated heterocycles. The molecule has 1 saturated carbocycles. The van der Waals surface area contributed by atoms with E-state index in [0.717, 1.165) is 22.8 Å². The van der Waals surface area contributed by atoms with E-state index < -0.39 is 0 Å². The second-order valence-electron chi connectivity index (χ2n) is 4.39. The molecule has 3 heteroatoms. The molecule has 2 nitrogen and oxygen atoms in total. The zero-order chi connectivity index (χ0) is 11.4. The van der Waals surface area contributed by atoms with Crippen LogP contribution in [0.4, 0.5) is 0 Å². The molecule has 0 heterocycles. The standard InChI is InChI=1S/C13H18BrNO/c1-10(9-15-11-5-4-6-11)16-13-8-3-2-7-12(13)14/h2-3,7-8,10-11,15H,4-6,9H2,1H3. The van der Waals surface area contributed by atoms with Gasteiger partial charge in [-0.3, -0.25) is 0 Å². The Balaban J connectivity index is 1.77. The topological polar surface area (TPSA) is 21.3 Å². The van der Waals surface area contributed by atoms with E-state index in [1.807, 2.05) is 24.3 Å². The Labute approximate surface area is 106 Å². The van der Waals surface area contributed by atoms with E-state index in [-0.39, 0.29) is 6.10 Å². The van der Waals surface area contributed by atoms with Crippen LogP contribution >= 0.6 is 15.9 Å². The van der Waals surface area contributed by atoms with Crippen molar-refractivity contribution >= 4 is 15.9 Å². The van der Waals surface area contributed by atoms with Gasteiger partial charge < -0.3 is 10.1 Å². The summed E-state index contributed by atoms with van der Waals surface area (Å²) >= 11 is 3.48. The van der Waals surface area contributed by atoms with E-state index in [1.165, 1.54) is 19.3 Å². The lowest BCUT2D eigenvalue weighted by atomic mass is 9.93. The summed E-state index contributed by atoms with van der Waals surface area (Å²) in [6, 6.07) is 8.71. The molecule has 0 aromatic heterocycles. The first-order valence-electron chi connectivity index (χ1n) is 5.90. The van der Waals surface area contributed by atoms with Crippen molar-refractivity contribution in [1.29, 1.82) is 0 Å². The van der Waals surface area contributed by atoms with E-state index in [1.54, 1.807) is 0 Å². The van der Waals surface area contributed by atoms with Gasteiger partial charge in [-0.1, -0.05) is 18.6 Å². The van der Waals surface area contributed by atoms with Crippen molar-refractivity contribution in [3.05, 3.63) is 28.7 Å². The second-order valence-corrected chi connectivity index (χ2v) is 5.25. The average molecular weight is 284 g/mol. The minimum atomic E-state index is 0.208. The van der Waals surface area contributed by atoms with Gasteiger partial charge in [0.1, 0.15) is 11.9 Å². The molecule has 1 fully saturated rings. The zero-order valence-electron chi connectivity index (χ0n) is 9.58. The predicted octanol–water partition coefficient (Wildman–Crippen LogP) is 3.36. The number of ether oxygens (including phenoxy) is 1. The minimum absolute atomic E-state index is 0.208. The third-order valence-electron chi connectivity index (χ3n) is 2.96. The van der Waals surface area contributed by atoms with Gasteiger partial charge in [0.15, 0.2) is 0 Å². The molecule has 88 valence electrons. The Morgan fingerprint density at radius 3 is 2.81 bits per heavy atom. The van der Waals surface area contributed by atoms with Gasteiger partial charge >= 0.3 is 0 Å². The van der Waals surface area contributed by atoms with Crippen molar-refractivity contribution in [1.82, 2.24) is 5.32 Å². The van der Waals surface area contributed by atoms with Crippen LogP contribution in [0.1, 0.15) is 26.2 Å². The monoisotopic (exact) mass is 283 g/mol. The van der Waals surface area contributed by atoms with E-state index >= 15 is 0 Å². The Hall–Kier alpha value is -0.540. The molecule has 0 radical (unpaired) electrons. The summed E-state index contributed by atoms with van der Waals surface area (Å²) in [6.45, 7) is 3.02. The fourth-order valence-electron chi connectivity index (χ4n) is 1.74. The summed E-state index contributed by atoms with van der Waals surface area (Å²) in [4.78, 5) is 0. The van der Waals surface area contributed by atoms with Crippen molar-refractivity contribution in [3.63, 3.8) is 0 Å². The molecule has 1 aliphatic rings. The van der Waals surface area contributed by atoms with Crippen LogP contribution in [0.5, 0.6) is 5.75 Å². The largest absolute Gasteiger partial charge is 0.488 e. The number of para-hydroxylation sites is 1. The Kier molecular flexibility index (Phi) is 4.24. The summed E-state index contributed by atoms with van der Waals surface area (Å²) in [7, 11) is 0. The molecular weight excluding hydrogens is 266 g/mol. The summed E-state index contributed by atoms with van der Waals surface area (Å²) in [5.74, 6) is 0.922. The van der Waals surface area contributed by atoms with Gasteiger partial charge in [0.25, 0.3) is 0 Å². The lowest BCUT2D eigenvalue weighted by Gasteiger charge is -2.28. The third kappa shape index (κ3) is 3.22. The van der Waals surface area contributed by atoms with Crippen LogP contribution in [-0.4, -0.2) is 18.7 Å². The Morgan fingerprint density at radius 2 is 2.19 bits per heavy atom. The highest BCUT2D eigenvalue weighted by molar-refractivity contribution is 9.10.